The van der Waals surface area contributed by atoms with Crippen LogP contribution in [0.1, 0.15) is 35.0 Å². The topological polar surface area (TPSA) is 17.8 Å². The highest BCUT2D eigenvalue weighted by Crippen LogP contribution is 2.18. The molecule has 0 atom stereocenters. The van der Waals surface area contributed by atoms with E-state index in [-0.39, 0.29) is 0 Å². The van der Waals surface area contributed by atoms with E-state index in [0.29, 0.717) is 0 Å². The summed E-state index contributed by atoms with van der Waals surface area (Å²) in [6.07, 6.45) is 4.94. The van der Waals surface area contributed by atoms with Gasteiger partial charge in [0.05, 0.1) is 0 Å². The summed E-state index contributed by atoms with van der Waals surface area (Å²) in [6.45, 7) is 9.61. The molecule has 0 aliphatic carbocycles. The smallest absolute Gasteiger partial charge is 0.108 e. The van der Waals surface area contributed by atoms with Crippen LogP contribution in [0.4, 0.5) is 0 Å². The van der Waals surface area contributed by atoms with E-state index < -0.39 is 0 Å². The Balaban J connectivity index is 2.36. The molecule has 90 valence electrons. The van der Waals surface area contributed by atoms with Crippen molar-refractivity contribution in [3.8, 4) is 0 Å². The Hall–Kier alpha value is -1.57. The minimum atomic E-state index is 0.932. The quantitative estimate of drug-likeness (QED) is 0.787. The first kappa shape index (κ1) is 11.9. The van der Waals surface area contributed by atoms with Crippen LogP contribution in [0.3, 0.4) is 0 Å². The third-order valence-corrected chi connectivity index (χ3v) is 3.29. The molecule has 0 bridgehead atoms. The van der Waals surface area contributed by atoms with Crippen molar-refractivity contribution >= 4 is 0 Å². The lowest BCUT2D eigenvalue weighted by molar-refractivity contribution is 0.725. The Morgan fingerprint density at radius 1 is 1.12 bits per heavy atom. The number of benzene rings is 1. The molecule has 2 aromatic rings. The molecule has 1 heterocycles. The second-order valence-corrected chi connectivity index (χ2v) is 4.70. The van der Waals surface area contributed by atoms with E-state index in [1.165, 1.54) is 22.3 Å². The molecule has 0 N–H and O–H groups in total. The second-order valence-electron chi connectivity index (χ2n) is 4.70. The van der Waals surface area contributed by atoms with Crippen LogP contribution < -0.4 is 0 Å². The highest BCUT2D eigenvalue weighted by molar-refractivity contribution is 5.37. The summed E-state index contributed by atoms with van der Waals surface area (Å²) < 4.78 is 2.24. The first-order valence-electron chi connectivity index (χ1n) is 6.18. The van der Waals surface area contributed by atoms with Crippen LogP contribution in [-0.2, 0) is 13.0 Å². The summed E-state index contributed by atoms with van der Waals surface area (Å²) >= 11 is 0. The van der Waals surface area contributed by atoms with E-state index in [0.717, 1.165) is 18.8 Å². The Kier molecular flexibility index (Phi) is 3.32. The first-order chi connectivity index (χ1) is 8.11. The maximum Gasteiger partial charge on any atom is 0.108 e. The molecule has 0 unspecified atom stereocenters. The van der Waals surface area contributed by atoms with E-state index in [1.54, 1.807) is 0 Å². The minimum absolute atomic E-state index is 0.932. The van der Waals surface area contributed by atoms with Gasteiger partial charge in [-0.1, -0.05) is 24.6 Å². The minimum Gasteiger partial charge on any atom is -0.331 e. The van der Waals surface area contributed by atoms with Crippen LogP contribution >= 0.6 is 0 Å². The van der Waals surface area contributed by atoms with Gasteiger partial charge >= 0.3 is 0 Å². The van der Waals surface area contributed by atoms with Crippen molar-refractivity contribution in [1.29, 1.82) is 0 Å². The van der Waals surface area contributed by atoms with E-state index in [4.69, 9.17) is 0 Å². The van der Waals surface area contributed by atoms with Crippen molar-refractivity contribution in [2.45, 2.75) is 40.7 Å². The summed E-state index contributed by atoms with van der Waals surface area (Å²) in [4.78, 5) is 4.37. The fourth-order valence-electron chi connectivity index (χ4n) is 2.43. The van der Waals surface area contributed by atoms with E-state index >= 15 is 0 Å². The zero-order valence-electron chi connectivity index (χ0n) is 11.1. The lowest BCUT2D eigenvalue weighted by atomic mass is 10.00. The molecule has 17 heavy (non-hydrogen) atoms. The van der Waals surface area contributed by atoms with Gasteiger partial charge in [0, 0.05) is 25.4 Å². The Labute approximate surface area is 103 Å². The molecule has 2 nitrogen and oxygen atoms in total. The fraction of sp³-hybridized carbons (Fsp3) is 0.400. The maximum absolute atomic E-state index is 4.37. The van der Waals surface area contributed by atoms with Gasteiger partial charge in [-0.25, -0.2) is 4.98 Å². The van der Waals surface area contributed by atoms with Crippen molar-refractivity contribution in [2.24, 2.45) is 0 Å². The molecule has 2 heteroatoms. The Morgan fingerprint density at radius 2 is 1.76 bits per heavy atom. The van der Waals surface area contributed by atoms with E-state index in [2.05, 4.69) is 55.6 Å². The molecule has 0 aliphatic rings. The number of hydrogen-bond donors (Lipinski definition) is 0. The van der Waals surface area contributed by atoms with Gasteiger partial charge in [0.25, 0.3) is 0 Å². The summed E-state index contributed by atoms with van der Waals surface area (Å²) in [5, 5.41) is 0. The van der Waals surface area contributed by atoms with Crippen LogP contribution in [0, 0.1) is 20.8 Å². The summed E-state index contributed by atoms with van der Waals surface area (Å²) in [6, 6.07) is 4.51. The normalized spacial score (nSPS) is 10.8. The van der Waals surface area contributed by atoms with Crippen LogP contribution in [0.2, 0.25) is 0 Å². The second kappa shape index (κ2) is 4.74. The average molecular weight is 228 g/mol. The number of aryl methyl sites for hydroxylation is 4. The molecule has 0 aliphatic heterocycles. The van der Waals surface area contributed by atoms with Gasteiger partial charge in [0.2, 0.25) is 0 Å². The largest absolute Gasteiger partial charge is 0.331 e. The van der Waals surface area contributed by atoms with Gasteiger partial charge in [0.15, 0.2) is 0 Å². The zero-order chi connectivity index (χ0) is 12.4. The predicted molar refractivity (Wildman–Crippen MR) is 71.4 cm³/mol. The van der Waals surface area contributed by atoms with Gasteiger partial charge in [0.1, 0.15) is 5.82 Å². The van der Waals surface area contributed by atoms with Crippen molar-refractivity contribution in [1.82, 2.24) is 9.55 Å². The number of rotatable bonds is 3. The molecule has 0 radical (unpaired) electrons. The molecule has 2 rings (SSSR count). The SMILES string of the molecule is CCc1nccn1Cc1c(C)cc(C)cc1C. The lowest BCUT2D eigenvalue weighted by Crippen LogP contribution is -2.06. The van der Waals surface area contributed by atoms with Crippen LogP contribution in [0.5, 0.6) is 0 Å². The summed E-state index contributed by atoms with van der Waals surface area (Å²) in [5.74, 6) is 1.16. The van der Waals surface area contributed by atoms with Gasteiger partial charge in [-0.05, 0) is 37.5 Å². The number of hydrogen-bond acceptors (Lipinski definition) is 1. The summed E-state index contributed by atoms with van der Waals surface area (Å²) in [5.41, 5.74) is 5.50. The van der Waals surface area contributed by atoms with Gasteiger partial charge < -0.3 is 4.57 Å². The Morgan fingerprint density at radius 3 is 2.35 bits per heavy atom. The monoisotopic (exact) mass is 228 g/mol. The van der Waals surface area contributed by atoms with Crippen molar-refractivity contribution in [3.63, 3.8) is 0 Å². The van der Waals surface area contributed by atoms with Gasteiger partial charge in [-0.2, -0.15) is 0 Å². The van der Waals surface area contributed by atoms with Gasteiger partial charge in [-0.15, -0.1) is 0 Å². The molecule has 1 aromatic carbocycles. The average Bonchev–Trinajstić information content (AvgIpc) is 2.70. The number of imidazole rings is 1. The molecule has 0 amide bonds. The number of aromatic nitrogens is 2. The highest BCUT2D eigenvalue weighted by Gasteiger charge is 2.07. The molecule has 0 saturated heterocycles. The maximum atomic E-state index is 4.37. The van der Waals surface area contributed by atoms with E-state index in [1.807, 2.05) is 6.20 Å². The fourth-order valence-corrected chi connectivity index (χ4v) is 2.43. The first-order valence-corrected chi connectivity index (χ1v) is 6.18. The van der Waals surface area contributed by atoms with Gasteiger partial charge in [-0.3, -0.25) is 0 Å². The van der Waals surface area contributed by atoms with Crippen LogP contribution in [-0.4, -0.2) is 9.55 Å². The van der Waals surface area contributed by atoms with Crippen molar-refractivity contribution in [2.75, 3.05) is 0 Å². The third kappa shape index (κ3) is 2.41. The Bertz CT molecular complexity index is 500. The van der Waals surface area contributed by atoms with Crippen LogP contribution in [0.15, 0.2) is 24.5 Å². The van der Waals surface area contributed by atoms with E-state index in [9.17, 15) is 0 Å². The molecular weight excluding hydrogens is 208 g/mol. The number of nitrogens with zero attached hydrogens (tertiary/aromatic N) is 2. The molecular formula is C15H20N2. The molecule has 0 saturated carbocycles. The highest BCUT2D eigenvalue weighted by atomic mass is 15.1. The van der Waals surface area contributed by atoms with Crippen molar-refractivity contribution < 1.29 is 0 Å². The van der Waals surface area contributed by atoms with Crippen molar-refractivity contribution in [3.05, 3.63) is 52.6 Å². The zero-order valence-corrected chi connectivity index (χ0v) is 11.1. The van der Waals surface area contributed by atoms with Crippen LogP contribution in [0.25, 0.3) is 0 Å². The predicted octanol–water partition coefficient (Wildman–Crippen LogP) is 3.42. The molecule has 0 fully saturated rings. The lowest BCUT2D eigenvalue weighted by Gasteiger charge is -2.13. The molecule has 0 spiro atoms. The standard InChI is InChI=1S/C15H20N2/c1-5-15-16-6-7-17(15)10-14-12(3)8-11(2)9-13(14)4/h6-9H,5,10H2,1-4H3. The summed E-state index contributed by atoms with van der Waals surface area (Å²) in [7, 11) is 0. The third-order valence-electron chi connectivity index (χ3n) is 3.29. The molecule has 1 aromatic heterocycles.